The van der Waals surface area contributed by atoms with Gasteiger partial charge >= 0.3 is 6.03 Å². The first-order valence-corrected chi connectivity index (χ1v) is 5.13. The first-order chi connectivity index (χ1) is 7.99. The van der Waals surface area contributed by atoms with Crippen molar-refractivity contribution in [1.29, 1.82) is 0 Å². The Hall–Kier alpha value is -1.92. The lowest BCUT2D eigenvalue weighted by atomic mass is 9.99. The molecule has 1 unspecified atom stereocenters. The fourth-order valence-corrected chi connectivity index (χ4v) is 1.76. The summed E-state index contributed by atoms with van der Waals surface area (Å²) < 4.78 is 17.1. The fourth-order valence-electron chi connectivity index (χ4n) is 1.76. The summed E-state index contributed by atoms with van der Waals surface area (Å²) in [6.07, 6.45) is 1.16. The standard InChI is InChI=1S/C10H12FN3O3/c1-6-7(5-17-13-6)14-8(15)10(2,3-4-11)12-9(14)16/h5H,3-4H2,1-2H3,(H,12,16). The van der Waals surface area contributed by atoms with Crippen molar-refractivity contribution in [2.75, 3.05) is 11.6 Å². The minimum absolute atomic E-state index is 0.0571. The number of alkyl halides is 1. The maximum atomic E-state index is 12.4. The van der Waals surface area contributed by atoms with E-state index in [0.29, 0.717) is 5.69 Å². The molecule has 0 spiro atoms. The van der Waals surface area contributed by atoms with Crippen molar-refractivity contribution >= 4 is 17.6 Å². The molecule has 7 heteroatoms. The van der Waals surface area contributed by atoms with E-state index in [1.54, 1.807) is 6.92 Å². The molecule has 0 aliphatic carbocycles. The van der Waals surface area contributed by atoms with Crippen LogP contribution in [-0.2, 0) is 4.79 Å². The zero-order valence-electron chi connectivity index (χ0n) is 9.49. The number of halogens is 1. The van der Waals surface area contributed by atoms with Gasteiger partial charge in [-0.15, -0.1) is 0 Å². The van der Waals surface area contributed by atoms with Crippen molar-refractivity contribution in [3.05, 3.63) is 12.0 Å². The Kier molecular flexibility index (Phi) is 2.60. The largest absolute Gasteiger partial charge is 0.362 e. The quantitative estimate of drug-likeness (QED) is 0.805. The Morgan fingerprint density at radius 2 is 2.29 bits per heavy atom. The zero-order valence-corrected chi connectivity index (χ0v) is 9.49. The van der Waals surface area contributed by atoms with Crippen LogP contribution >= 0.6 is 0 Å². The number of nitrogens with zero attached hydrogens (tertiary/aromatic N) is 2. The molecule has 1 atom stereocenters. The minimum atomic E-state index is -1.20. The van der Waals surface area contributed by atoms with Crippen molar-refractivity contribution in [3.8, 4) is 0 Å². The second-order valence-corrected chi connectivity index (χ2v) is 4.13. The van der Waals surface area contributed by atoms with E-state index in [0.717, 1.165) is 4.90 Å². The van der Waals surface area contributed by atoms with Gasteiger partial charge in [0.15, 0.2) is 0 Å². The molecule has 2 rings (SSSR count). The number of anilines is 1. The van der Waals surface area contributed by atoms with Gasteiger partial charge in [0.25, 0.3) is 5.91 Å². The van der Waals surface area contributed by atoms with Gasteiger partial charge in [0.05, 0.1) is 6.67 Å². The van der Waals surface area contributed by atoms with Crippen LogP contribution in [0.5, 0.6) is 0 Å². The molecule has 0 saturated carbocycles. The second kappa shape index (κ2) is 3.83. The summed E-state index contributed by atoms with van der Waals surface area (Å²) in [4.78, 5) is 24.7. The number of rotatable bonds is 3. The highest BCUT2D eigenvalue weighted by atomic mass is 19.1. The molecule has 17 heavy (non-hydrogen) atoms. The molecular formula is C10H12FN3O3. The van der Waals surface area contributed by atoms with Gasteiger partial charge in [-0.25, -0.2) is 9.69 Å². The number of nitrogens with one attached hydrogen (secondary N) is 1. The third-order valence-electron chi connectivity index (χ3n) is 2.82. The molecule has 1 saturated heterocycles. The molecule has 3 amide bonds. The van der Waals surface area contributed by atoms with Crippen molar-refractivity contribution in [1.82, 2.24) is 10.5 Å². The van der Waals surface area contributed by atoms with E-state index in [1.807, 2.05) is 0 Å². The molecule has 1 aromatic heterocycles. The Morgan fingerprint density at radius 1 is 1.59 bits per heavy atom. The van der Waals surface area contributed by atoms with Crippen LogP contribution in [0.15, 0.2) is 10.8 Å². The number of hydrogen-bond donors (Lipinski definition) is 1. The van der Waals surface area contributed by atoms with Gasteiger partial charge in [0.1, 0.15) is 23.2 Å². The van der Waals surface area contributed by atoms with Crippen LogP contribution in [0, 0.1) is 6.92 Å². The SMILES string of the molecule is Cc1nocc1N1C(=O)NC(C)(CCF)C1=O. The van der Waals surface area contributed by atoms with Crippen LogP contribution in [0.3, 0.4) is 0 Å². The van der Waals surface area contributed by atoms with Gasteiger partial charge in [-0.2, -0.15) is 0 Å². The van der Waals surface area contributed by atoms with Crippen molar-refractivity contribution in [2.24, 2.45) is 0 Å². The molecule has 0 aromatic carbocycles. The van der Waals surface area contributed by atoms with Gasteiger partial charge in [0, 0.05) is 6.42 Å². The van der Waals surface area contributed by atoms with Gasteiger partial charge < -0.3 is 9.84 Å². The maximum Gasteiger partial charge on any atom is 0.329 e. The van der Waals surface area contributed by atoms with Crippen LogP contribution in [0.1, 0.15) is 19.0 Å². The third-order valence-corrected chi connectivity index (χ3v) is 2.82. The molecule has 2 heterocycles. The van der Waals surface area contributed by atoms with Crippen LogP contribution in [-0.4, -0.2) is 29.3 Å². The number of amides is 3. The van der Waals surface area contributed by atoms with E-state index in [1.165, 1.54) is 13.2 Å². The zero-order chi connectivity index (χ0) is 12.6. The maximum absolute atomic E-state index is 12.4. The lowest BCUT2D eigenvalue weighted by Gasteiger charge is -2.19. The number of aromatic nitrogens is 1. The summed E-state index contributed by atoms with van der Waals surface area (Å²) in [5, 5.41) is 6.08. The summed E-state index contributed by atoms with van der Waals surface area (Å²) in [5.41, 5.74) is -0.483. The van der Waals surface area contributed by atoms with E-state index >= 15 is 0 Å². The summed E-state index contributed by atoms with van der Waals surface area (Å²) in [6.45, 7) is 2.43. The molecule has 1 fully saturated rings. The smallest absolute Gasteiger partial charge is 0.329 e. The van der Waals surface area contributed by atoms with Gasteiger partial charge in [-0.1, -0.05) is 5.16 Å². The molecule has 1 aliphatic rings. The molecule has 1 N–H and O–H groups in total. The monoisotopic (exact) mass is 241 g/mol. The van der Waals surface area contributed by atoms with Crippen LogP contribution in [0.25, 0.3) is 0 Å². The average Bonchev–Trinajstić information content (AvgIpc) is 2.73. The van der Waals surface area contributed by atoms with E-state index < -0.39 is 24.2 Å². The number of aryl methyl sites for hydroxylation is 1. The first-order valence-electron chi connectivity index (χ1n) is 5.13. The first kappa shape index (κ1) is 11.6. The van der Waals surface area contributed by atoms with E-state index in [9.17, 15) is 14.0 Å². The summed E-state index contributed by atoms with van der Waals surface area (Å²) >= 11 is 0. The third kappa shape index (κ3) is 1.67. The van der Waals surface area contributed by atoms with E-state index in [-0.39, 0.29) is 12.1 Å². The number of urea groups is 1. The summed E-state index contributed by atoms with van der Waals surface area (Å²) in [5.74, 6) is -0.494. The van der Waals surface area contributed by atoms with Crippen LogP contribution in [0.4, 0.5) is 14.9 Å². The van der Waals surface area contributed by atoms with Crippen molar-refractivity contribution < 1.29 is 18.5 Å². The van der Waals surface area contributed by atoms with Gasteiger partial charge in [-0.3, -0.25) is 9.18 Å². The molecular weight excluding hydrogens is 229 g/mol. The lowest BCUT2D eigenvalue weighted by molar-refractivity contribution is -0.121. The molecule has 6 nitrogen and oxygen atoms in total. The summed E-state index contributed by atoms with van der Waals surface area (Å²) in [7, 11) is 0. The second-order valence-electron chi connectivity index (χ2n) is 4.13. The molecule has 1 aromatic rings. The Morgan fingerprint density at radius 3 is 2.82 bits per heavy atom. The summed E-state index contributed by atoms with van der Waals surface area (Å²) in [6, 6.07) is -0.586. The Balaban J connectivity index is 2.35. The van der Waals surface area contributed by atoms with Crippen molar-refractivity contribution in [3.63, 3.8) is 0 Å². The van der Waals surface area contributed by atoms with Gasteiger partial charge in [0.2, 0.25) is 0 Å². The highest BCUT2D eigenvalue weighted by molar-refractivity contribution is 6.23. The molecule has 1 aliphatic heterocycles. The lowest BCUT2D eigenvalue weighted by Crippen LogP contribution is -2.44. The topological polar surface area (TPSA) is 75.4 Å². The molecule has 0 radical (unpaired) electrons. The number of hydrogen-bond acceptors (Lipinski definition) is 4. The highest BCUT2D eigenvalue weighted by Crippen LogP contribution is 2.28. The Labute approximate surface area is 96.7 Å². The van der Waals surface area contributed by atoms with Crippen LogP contribution in [0.2, 0.25) is 0 Å². The number of imide groups is 1. The molecule has 92 valence electrons. The fraction of sp³-hybridized carbons (Fsp3) is 0.500. The average molecular weight is 241 g/mol. The molecule has 0 bridgehead atoms. The van der Waals surface area contributed by atoms with E-state index in [2.05, 4.69) is 15.0 Å². The number of carbonyl (C=O) groups excluding carboxylic acids is 2. The van der Waals surface area contributed by atoms with Crippen molar-refractivity contribution in [2.45, 2.75) is 25.8 Å². The predicted octanol–water partition coefficient (Wildman–Crippen LogP) is 1.16. The Bertz CT molecular complexity index is 473. The predicted molar refractivity (Wildman–Crippen MR) is 56.3 cm³/mol. The minimum Gasteiger partial charge on any atom is -0.362 e. The number of carbonyl (C=O) groups is 2. The van der Waals surface area contributed by atoms with E-state index in [4.69, 9.17) is 0 Å². The van der Waals surface area contributed by atoms with Gasteiger partial charge in [-0.05, 0) is 13.8 Å². The van der Waals surface area contributed by atoms with Crippen LogP contribution < -0.4 is 10.2 Å². The highest BCUT2D eigenvalue weighted by Gasteiger charge is 2.49. The normalized spacial score (nSPS) is 24.3.